The molecule has 106 valence electrons. The third kappa shape index (κ3) is 2.05. The average Bonchev–Trinajstić information content (AvgIpc) is 3.19. The molecule has 4 heteroatoms. The second-order valence-electron chi connectivity index (χ2n) is 7.01. The van der Waals surface area contributed by atoms with Crippen LogP contribution in [0.1, 0.15) is 58.8 Å². The Morgan fingerprint density at radius 2 is 1.79 bits per heavy atom. The molecule has 0 aromatic carbocycles. The Morgan fingerprint density at radius 3 is 2.37 bits per heavy atom. The molecule has 1 heterocycles. The molecule has 0 atom stereocenters. The first-order chi connectivity index (χ1) is 8.96. The Balaban J connectivity index is 1.88. The summed E-state index contributed by atoms with van der Waals surface area (Å²) in [7, 11) is 0. The number of carbonyl (C=O) groups is 2. The third-order valence-corrected chi connectivity index (χ3v) is 5.31. The van der Waals surface area contributed by atoms with Gasteiger partial charge in [-0.2, -0.15) is 0 Å². The first kappa shape index (κ1) is 12.9. The van der Waals surface area contributed by atoms with Crippen LogP contribution in [0.25, 0.3) is 0 Å². The number of amides is 2. The summed E-state index contributed by atoms with van der Waals surface area (Å²) >= 11 is 0. The molecule has 1 aliphatic heterocycles. The number of rotatable bonds is 2. The van der Waals surface area contributed by atoms with Crippen molar-refractivity contribution in [3.63, 3.8) is 0 Å². The summed E-state index contributed by atoms with van der Waals surface area (Å²) in [5.41, 5.74) is -0.751. The zero-order chi connectivity index (χ0) is 13.7. The highest BCUT2D eigenvalue weighted by molar-refractivity contribution is 5.98. The maximum Gasteiger partial charge on any atom is 0.249 e. The molecule has 4 nitrogen and oxygen atoms in total. The van der Waals surface area contributed by atoms with E-state index in [2.05, 4.69) is 19.2 Å². The molecule has 0 aromatic rings. The Hall–Kier alpha value is -1.06. The Bertz CT molecular complexity index is 406. The molecule has 0 bridgehead atoms. The van der Waals surface area contributed by atoms with E-state index in [0.717, 1.165) is 25.7 Å². The van der Waals surface area contributed by atoms with E-state index < -0.39 is 5.54 Å². The number of piperazine rings is 1. The van der Waals surface area contributed by atoms with Crippen molar-refractivity contribution in [2.45, 2.75) is 69.9 Å². The van der Waals surface area contributed by atoms with Gasteiger partial charge in [0.2, 0.25) is 11.8 Å². The van der Waals surface area contributed by atoms with Crippen molar-refractivity contribution >= 4 is 11.8 Å². The van der Waals surface area contributed by atoms with Crippen LogP contribution in [-0.4, -0.2) is 34.3 Å². The minimum atomic E-state index is -0.584. The molecule has 3 rings (SSSR count). The van der Waals surface area contributed by atoms with E-state index in [0.29, 0.717) is 5.92 Å². The highest BCUT2D eigenvalue weighted by Crippen LogP contribution is 2.45. The summed E-state index contributed by atoms with van der Waals surface area (Å²) in [5, 5.41) is 3.01. The molecule has 3 fully saturated rings. The van der Waals surface area contributed by atoms with Crippen molar-refractivity contribution in [1.82, 2.24) is 10.2 Å². The lowest BCUT2D eigenvalue weighted by molar-refractivity contribution is -0.158. The van der Waals surface area contributed by atoms with Crippen LogP contribution in [0.4, 0.5) is 0 Å². The van der Waals surface area contributed by atoms with Gasteiger partial charge in [0.25, 0.3) is 0 Å². The third-order valence-electron chi connectivity index (χ3n) is 5.31. The molecule has 19 heavy (non-hydrogen) atoms. The van der Waals surface area contributed by atoms with Gasteiger partial charge >= 0.3 is 0 Å². The molecule has 1 saturated heterocycles. The second kappa shape index (κ2) is 4.22. The van der Waals surface area contributed by atoms with Crippen molar-refractivity contribution in [3.05, 3.63) is 0 Å². The first-order valence-electron chi connectivity index (χ1n) is 7.59. The number of nitrogens with one attached hydrogen (secondary N) is 1. The van der Waals surface area contributed by atoms with Gasteiger partial charge in [-0.25, -0.2) is 0 Å². The zero-order valence-electron chi connectivity index (χ0n) is 12.0. The van der Waals surface area contributed by atoms with E-state index in [1.165, 1.54) is 19.3 Å². The normalized spacial score (nSPS) is 27.6. The summed E-state index contributed by atoms with van der Waals surface area (Å²) in [6.07, 6.45) is 7.27. The van der Waals surface area contributed by atoms with Gasteiger partial charge < -0.3 is 10.2 Å². The van der Waals surface area contributed by atoms with Crippen LogP contribution in [-0.2, 0) is 9.59 Å². The van der Waals surface area contributed by atoms with Crippen molar-refractivity contribution in [2.75, 3.05) is 6.54 Å². The predicted molar refractivity (Wildman–Crippen MR) is 72.5 cm³/mol. The second-order valence-corrected chi connectivity index (χ2v) is 7.01. The van der Waals surface area contributed by atoms with E-state index in [9.17, 15) is 9.59 Å². The van der Waals surface area contributed by atoms with Crippen molar-refractivity contribution in [3.8, 4) is 0 Å². The number of carbonyl (C=O) groups excluding carboxylic acids is 2. The predicted octanol–water partition coefficient (Wildman–Crippen LogP) is 1.84. The first-order valence-corrected chi connectivity index (χ1v) is 7.59. The summed E-state index contributed by atoms with van der Waals surface area (Å²) in [4.78, 5) is 26.9. The molecule has 1 N–H and O–H groups in total. The van der Waals surface area contributed by atoms with Crippen LogP contribution in [0.2, 0.25) is 0 Å². The SMILES string of the molecule is CC(C)(C1CC1)N1CC(=O)NC2(CCCCC2)C1=O. The van der Waals surface area contributed by atoms with Gasteiger partial charge in [0, 0.05) is 5.54 Å². The summed E-state index contributed by atoms with van der Waals surface area (Å²) in [5.74, 6) is 0.766. The lowest BCUT2D eigenvalue weighted by Crippen LogP contribution is -2.71. The maximum absolute atomic E-state index is 12.9. The molecule has 3 aliphatic rings. The van der Waals surface area contributed by atoms with Crippen molar-refractivity contribution in [1.29, 1.82) is 0 Å². The highest BCUT2D eigenvalue weighted by atomic mass is 16.2. The maximum atomic E-state index is 12.9. The van der Waals surface area contributed by atoms with Crippen LogP contribution in [0, 0.1) is 5.92 Å². The lowest BCUT2D eigenvalue weighted by atomic mass is 9.78. The van der Waals surface area contributed by atoms with Crippen LogP contribution in [0.5, 0.6) is 0 Å². The smallest absolute Gasteiger partial charge is 0.249 e. The van der Waals surface area contributed by atoms with Gasteiger partial charge in [-0.3, -0.25) is 9.59 Å². The molecular weight excluding hydrogens is 240 g/mol. The van der Waals surface area contributed by atoms with E-state index in [4.69, 9.17) is 0 Å². The topological polar surface area (TPSA) is 49.4 Å². The molecule has 2 amide bonds. The number of hydrogen-bond donors (Lipinski definition) is 1. The molecular formula is C15H24N2O2. The van der Waals surface area contributed by atoms with E-state index in [-0.39, 0.29) is 23.9 Å². The van der Waals surface area contributed by atoms with Crippen LogP contribution < -0.4 is 5.32 Å². The minimum Gasteiger partial charge on any atom is -0.340 e. The highest BCUT2D eigenvalue weighted by Gasteiger charge is 2.53. The molecule has 1 spiro atoms. The fourth-order valence-corrected chi connectivity index (χ4v) is 3.80. The van der Waals surface area contributed by atoms with Gasteiger partial charge in [-0.1, -0.05) is 19.3 Å². The zero-order valence-corrected chi connectivity index (χ0v) is 12.0. The van der Waals surface area contributed by atoms with Gasteiger partial charge in [-0.15, -0.1) is 0 Å². The molecule has 0 unspecified atom stereocenters. The molecule has 2 aliphatic carbocycles. The van der Waals surface area contributed by atoms with E-state index >= 15 is 0 Å². The molecule has 2 saturated carbocycles. The van der Waals surface area contributed by atoms with Gasteiger partial charge in [0.1, 0.15) is 12.1 Å². The van der Waals surface area contributed by atoms with Gasteiger partial charge in [0.15, 0.2) is 0 Å². The minimum absolute atomic E-state index is 0.0234. The van der Waals surface area contributed by atoms with E-state index in [1.54, 1.807) is 0 Å². The molecule has 0 aromatic heterocycles. The Morgan fingerprint density at radius 1 is 1.16 bits per heavy atom. The van der Waals surface area contributed by atoms with Gasteiger partial charge in [0.05, 0.1) is 0 Å². The number of hydrogen-bond acceptors (Lipinski definition) is 2. The standard InChI is InChI=1S/C15H24N2O2/c1-14(2,11-6-7-11)17-10-12(18)16-15(13(17)19)8-4-3-5-9-15/h11H,3-10H2,1-2H3,(H,16,18). The van der Waals surface area contributed by atoms with Crippen LogP contribution >= 0.6 is 0 Å². The quantitative estimate of drug-likeness (QED) is 0.827. The van der Waals surface area contributed by atoms with Crippen molar-refractivity contribution < 1.29 is 9.59 Å². The lowest BCUT2D eigenvalue weighted by Gasteiger charge is -2.49. The summed E-state index contributed by atoms with van der Waals surface area (Å²) in [6, 6.07) is 0. The Kier molecular flexibility index (Phi) is 2.88. The monoisotopic (exact) mass is 264 g/mol. The number of nitrogens with zero attached hydrogens (tertiary/aromatic N) is 1. The summed E-state index contributed by atoms with van der Waals surface area (Å²) < 4.78 is 0. The Labute approximate surface area is 114 Å². The fourth-order valence-electron chi connectivity index (χ4n) is 3.80. The van der Waals surface area contributed by atoms with Crippen LogP contribution in [0.15, 0.2) is 0 Å². The van der Waals surface area contributed by atoms with E-state index in [1.807, 2.05) is 4.90 Å². The fraction of sp³-hybridized carbons (Fsp3) is 0.867. The average molecular weight is 264 g/mol. The molecule has 0 radical (unpaired) electrons. The van der Waals surface area contributed by atoms with Crippen LogP contribution in [0.3, 0.4) is 0 Å². The van der Waals surface area contributed by atoms with Crippen molar-refractivity contribution in [2.24, 2.45) is 5.92 Å². The summed E-state index contributed by atoms with van der Waals surface area (Å²) in [6.45, 7) is 4.49. The largest absolute Gasteiger partial charge is 0.340 e. The van der Waals surface area contributed by atoms with Gasteiger partial charge in [-0.05, 0) is 45.4 Å².